The summed E-state index contributed by atoms with van der Waals surface area (Å²) in [7, 11) is 3.11. The number of aromatic amines is 1. The van der Waals surface area contributed by atoms with Crippen LogP contribution in [-0.4, -0.2) is 61.6 Å². The average Bonchev–Trinajstić information content (AvgIpc) is 3.49. The maximum Gasteiger partial charge on any atom is 0.330 e. The summed E-state index contributed by atoms with van der Waals surface area (Å²) in [4.78, 5) is 53.2. The number of carbonyl (C=O) groups excluding carboxylic acids is 4. The van der Waals surface area contributed by atoms with E-state index in [2.05, 4.69) is 15.6 Å². The zero-order valence-electron chi connectivity index (χ0n) is 23.8. The predicted octanol–water partition coefficient (Wildman–Crippen LogP) is 2.91. The number of ether oxygens (including phenoxy) is 3. The Balaban J connectivity index is 1.83. The summed E-state index contributed by atoms with van der Waals surface area (Å²) in [6, 6.07) is 16.2. The number of benzene rings is 2. The van der Waals surface area contributed by atoms with Crippen molar-refractivity contribution in [3.63, 3.8) is 0 Å². The Morgan fingerprint density at radius 3 is 2.40 bits per heavy atom. The molecule has 0 unspecified atom stereocenters. The molecule has 0 aliphatic heterocycles. The lowest BCUT2D eigenvalue weighted by atomic mass is 10.0. The molecular weight excluding hydrogens is 540 g/mol. The summed E-state index contributed by atoms with van der Waals surface area (Å²) < 4.78 is 15.7. The van der Waals surface area contributed by atoms with Gasteiger partial charge in [-0.05, 0) is 49.2 Å². The van der Waals surface area contributed by atoms with Crippen molar-refractivity contribution >= 4 is 23.7 Å². The van der Waals surface area contributed by atoms with Crippen LogP contribution >= 0.6 is 0 Å². The molecule has 3 rings (SSSR count). The van der Waals surface area contributed by atoms with E-state index in [-0.39, 0.29) is 31.6 Å². The molecule has 1 heterocycles. The summed E-state index contributed by atoms with van der Waals surface area (Å²) in [5.41, 5.74) is 7.67. The molecule has 0 saturated carbocycles. The van der Waals surface area contributed by atoms with Crippen molar-refractivity contribution in [2.24, 2.45) is 5.73 Å². The SMILES string of the molecule is CCOC(=O)/C=C/[C@H](CCC(N)=O)NC(=O)[C@H](Cc1ccccc1)NC(=O)c1ccc(-c2cc(OC)ccc2OC)[nH]1. The number of methoxy groups -OCH3 is 2. The van der Waals surface area contributed by atoms with Crippen LogP contribution in [0, 0.1) is 0 Å². The molecule has 11 heteroatoms. The number of nitrogens with one attached hydrogen (secondary N) is 3. The van der Waals surface area contributed by atoms with E-state index in [4.69, 9.17) is 19.9 Å². The lowest BCUT2D eigenvalue weighted by molar-refractivity contribution is -0.137. The van der Waals surface area contributed by atoms with Gasteiger partial charge >= 0.3 is 5.97 Å². The quantitative estimate of drug-likeness (QED) is 0.160. The van der Waals surface area contributed by atoms with Crippen LogP contribution in [0.5, 0.6) is 11.5 Å². The van der Waals surface area contributed by atoms with E-state index in [0.29, 0.717) is 22.8 Å². The lowest BCUT2D eigenvalue weighted by Gasteiger charge is -2.22. The van der Waals surface area contributed by atoms with E-state index < -0.39 is 35.8 Å². The molecule has 42 heavy (non-hydrogen) atoms. The van der Waals surface area contributed by atoms with Gasteiger partial charge in [-0.15, -0.1) is 0 Å². The molecular formula is C31H36N4O7. The number of primary amides is 1. The van der Waals surface area contributed by atoms with Crippen molar-refractivity contribution in [2.45, 2.75) is 38.3 Å². The molecule has 5 N–H and O–H groups in total. The standard InChI is InChI=1S/C31H36N4O7/c1-4-42-29(37)17-11-21(10-16-28(32)36)33-31(39)26(18-20-8-6-5-7-9-20)35-30(38)25-14-13-24(34-25)23-19-22(40-2)12-15-27(23)41-3/h5-9,11-15,17,19,21,26,34H,4,10,16,18H2,1-3H3,(H2,32,36)(H,33,39)(H,35,38)/b17-11+/t21-,26-/m0/s1. The second-order valence-electron chi connectivity index (χ2n) is 9.30. The van der Waals surface area contributed by atoms with Crippen molar-refractivity contribution in [2.75, 3.05) is 20.8 Å². The zero-order chi connectivity index (χ0) is 30.5. The van der Waals surface area contributed by atoms with Gasteiger partial charge < -0.3 is 35.6 Å². The molecule has 1 aromatic heterocycles. The highest BCUT2D eigenvalue weighted by molar-refractivity contribution is 5.97. The van der Waals surface area contributed by atoms with E-state index in [0.717, 1.165) is 5.56 Å². The predicted molar refractivity (Wildman–Crippen MR) is 157 cm³/mol. The third kappa shape index (κ3) is 9.26. The van der Waals surface area contributed by atoms with Gasteiger partial charge in [0.15, 0.2) is 0 Å². The molecule has 0 radical (unpaired) electrons. The maximum absolute atomic E-state index is 13.5. The minimum Gasteiger partial charge on any atom is -0.497 e. The van der Waals surface area contributed by atoms with Crippen molar-refractivity contribution < 1.29 is 33.4 Å². The van der Waals surface area contributed by atoms with Gasteiger partial charge in [-0.3, -0.25) is 14.4 Å². The number of carbonyl (C=O) groups is 4. The summed E-state index contributed by atoms with van der Waals surface area (Å²) >= 11 is 0. The van der Waals surface area contributed by atoms with Gasteiger partial charge in [0.2, 0.25) is 11.8 Å². The fraction of sp³-hybridized carbons (Fsp3) is 0.290. The first-order chi connectivity index (χ1) is 20.2. The molecule has 0 aliphatic rings. The highest BCUT2D eigenvalue weighted by Gasteiger charge is 2.25. The number of rotatable bonds is 15. The normalized spacial score (nSPS) is 12.3. The van der Waals surface area contributed by atoms with Crippen LogP contribution in [0.1, 0.15) is 35.8 Å². The molecule has 222 valence electrons. The Kier molecular flexibility index (Phi) is 11.7. The highest BCUT2D eigenvalue weighted by Crippen LogP contribution is 2.32. The third-order valence-electron chi connectivity index (χ3n) is 6.31. The molecule has 0 saturated heterocycles. The van der Waals surface area contributed by atoms with Gasteiger partial charge in [0.05, 0.1) is 20.8 Å². The van der Waals surface area contributed by atoms with Gasteiger partial charge in [-0.25, -0.2) is 4.79 Å². The summed E-state index contributed by atoms with van der Waals surface area (Å²) in [5.74, 6) is -0.938. The fourth-order valence-corrected chi connectivity index (χ4v) is 4.19. The molecule has 2 aromatic carbocycles. The highest BCUT2D eigenvalue weighted by atomic mass is 16.5. The second-order valence-corrected chi connectivity index (χ2v) is 9.30. The van der Waals surface area contributed by atoms with Crippen molar-refractivity contribution in [3.05, 3.63) is 84.1 Å². The third-order valence-corrected chi connectivity index (χ3v) is 6.31. The zero-order valence-corrected chi connectivity index (χ0v) is 23.8. The summed E-state index contributed by atoms with van der Waals surface area (Å²) in [6.45, 7) is 1.87. The summed E-state index contributed by atoms with van der Waals surface area (Å²) in [5, 5.41) is 5.62. The van der Waals surface area contributed by atoms with E-state index in [9.17, 15) is 19.2 Å². The van der Waals surface area contributed by atoms with E-state index in [1.807, 2.05) is 30.3 Å². The Bertz CT molecular complexity index is 1400. The monoisotopic (exact) mass is 576 g/mol. The molecule has 0 spiro atoms. The van der Waals surface area contributed by atoms with E-state index >= 15 is 0 Å². The smallest absolute Gasteiger partial charge is 0.330 e. The first-order valence-electron chi connectivity index (χ1n) is 13.4. The second kappa shape index (κ2) is 15.7. The first-order valence-corrected chi connectivity index (χ1v) is 13.4. The number of amides is 3. The van der Waals surface area contributed by atoms with Crippen LogP contribution in [0.2, 0.25) is 0 Å². The Morgan fingerprint density at radius 2 is 1.74 bits per heavy atom. The molecule has 0 fully saturated rings. The number of aromatic nitrogens is 1. The number of hydrogen-bond acceptors (Lipinski definition) is 7. The molecule has 11 nitrogen and oxygen atoms in total. The number of nitrogens with two attached hydrogens (primary N) is 1. The fourth-order valence-electron chi connectivity index (χ4n) is 4.19. The van der Waals surface area contributed by atoms with Crippen molar-refractivity contribution in [1.29, 1.82) is 0 Å². The molecule has 0 bridgehead atoms. The van der Waals surface area contributed by atoms with E-state index in [1.165, 1.54) is 12.2 Å². The van der Waals surface area contributed by atoms with E-state index in [1.54, 1.807) is 51.5 Å². The van der Waals surface area contributed by atoms with Crippen LogP contribution in [0.3, 0.4) is 0 Å². The largest absolute Gasteiger partial charge is 0.497 e. The van der Waals surface area contributed by atoms with Crippen LogP contribution in [0.15, 0.2) is 72.8 Å². The van der Waals surface area contributed by atoms with Gasteiger partial charge in [0, 0.05) is 36.2 Å². The number of hydrogen-bond donors (Lipinski definition) is 4. The van der Waals surface area contributed by atoms with Crippen LogP contribution < -0.4 is 25.8 Å². The minimum atomic E-state index is -0.981. The van der Waals surface area contributed by atoms with Gasteiger partial charge in [-0.2, -0.15) is 0 Å². The topological polar surface area (TPSA) is 162 Å². The first kappa shape index (κ1) is 31.5. The van der Waals surface area contributed by atoms with Gasteiger partial charge in [0.1, 0.15) is 23.2 Å². The number of esters is 1. The maximum atomic E-state index is 13.5. The lowest BCUT2D eigenvalue weighted by Crippen LogP contribution is -2.50. The Labute approximate surface area is 244 Å². The van der Waals surface area contributed by atoms with Crippen LogP contribution in [-0.2, 0) is 25.5 Å². The van der Waals surface area contributed by atoms with Crippen LogP contribution in [0.4, 0.5) is 0 Å². The van der Waals surface area contributed by atoms with Gasteiger partial charge in [0.25, 0.3) is 5.91 Å². The Hall–Kier alpha value is -5.06. The average molecular weight is 577 g/mol. The minimum absolute atomic E-state index is 0.0210. The molecule has 3 aromatic rings. The van der Waals surface area contributed by atoms with Crippen molar-refractivity contribution in [1.82, 2.24) is 15.6 Å². The molecule has 3 amide bonds. The Morgan fingerprint density at radius 1 is 0.976 bits per heavy atom. The summed E-state index contributed by atoms with van der Waals surface area (Å²) in [6.07, 6.45) is 2.96. The number of H-pyrrole nitrogens is 1. The molecule has 0 aliphatic carbocycles. The molecule has 2 atom stereocenters. The van der Waals surface area contributed by atoms with Crippen LogP contribution in [0.25, 0.3) is 11.3 Å². The van der Waals surface area contributed by atoms with Crippen molar-refractivity contribution in [3.8, 4) is 22.8 Å². The van der Waals surface area contributed by atoms with Gasteiger partial charge in [-0.1, -0.05) is 36.4 Å².